The minimum Gasteiger partial charge on any atom is -0.442 e. The van der Waals surface area contributed by atoms with Crippen LogP contribution < -0.4 is 5.32 Å². The lowest BCUT2D eigenvalue weighted by Gasteiger charge is -2.00. The number of nitrogens with zero attached hydrogens (tertiary/aromatic N) is 1. The van der Waals surface area contributed by atoms with Crippen molar-refractivity contribution < 1.29 is 4.42 Å². The third-order valence-electron chi connectivity index (χ3n) is 3.75. The lowest BCUT2D eigenvalue weighted by Crippen LogP contribution is -2.15. The summed E-state index contributed by atoms with van der Waals surface area (Å²) in [4.78, 5) is 7.15. The number of aromatic nitrogens is 1. The second kappa shape index (κ2) is 4.21. The number of fused-ring (bicyclic) bond motifs is 1. The summed E-state index contributed by atoms with van der Waals surface area (Å²) in [7, 11) is 0. The standard InChI is InChI=1S/C14H16N2OS/c1-2-9-6-13(18-12(9)3-1)14-11(16-8-17-14)7-15-10-4-5-10/h6,8,10,15H,1-5,7H2. The molecular formula is C14H16N2OS. The van der Waals surface area contributed by atoms with E-state index in [9.17, 15) is 0 Å². The Balaban J connectivity index is 1.60. The molecule has 18 heavy (non-hydrogen) atoms. The predicted octanol–water partition coefficient (Wildman–Crippen LogP) is 3.14. The van der Waals surface area contributed by atoms with Gasteiger partial charge >= 0.3 is 0 Å². The Hall–Kier alpha value is -1.13. The molecule has 0 radical (unpaired) electrons. The molecule has 2 aliphatic rings. The highest BCUT2D eigenvalue weighted by molar-refractivity contribution is 7.15. The van der Waals surface area contributed by atoms with Crippen molar-refractivity contribution in [2.24, 2.45) is 0 Å². The van der Waals surface area contributed by atoms with Crippen LogP contribution in [0.3, 0.4) is 0 Å². The smallest absolute Gasteiger partial charge is 0.181 e. The molecule has 1 saturated carbocycles. The molecule has 1 fully saturated rings. The molecule has 0 aromatic carbocycles. The Labute approximate surface area is 110 Å². The molecule has 0 spiro atoms. The minimum absolute atomic E-state index is 0.711. The van der Waals surface area contributed by atoms with Gasteiger partial charge < -0.3 is 9.73 Å². The van der Waals surface area contributed by atoms with Gasteiger partial charge in [-0.2, -0.15) is 0 Å². The number of hydrogen-bond acceptors (Lipinski definition) is 4. The molecule has 0 aliphatic heterocycles. The van der Waals surface area contributed by atoms with E-state index in [0.717, 1.165) is 18.0 Å². The minimum atomic E-state index is 0.711. The van der Waals surface area contributed by atoms with Crippen molar-refractivity contribution in [3.8, 4) is 10.6 Å². The zero-order chi connectivity index (χ0) is 11.9. The first kappa shape index (κ1) is 10.8. The van der Waals surface area contributed by atoms with Crippen LogP contribution in [0.25, 0.3) is 10.6 Å². The second-order valence-electron chi connectivity index (χ2n) is 5.20. The molecule has 0 atom stereocenters. The molecule has 0 unspecified atom stereocenters. The van der Waals surface area contributed by atoms with Gasteiger partial charge in [0, 0.05) is 17.5 Å². The highest BCUT2D eigenvalue weighted by Gasteiger charge is 2.23. The van der Waals surface area contributed by atoms with Gasteiger partial charge in [-0.3, -0.25) is 0 Å². The van der Waals surface area contributed by atoms with Gasteiger partial charge in [-0.05, 0) is 43.7 Å². The molecule has 4 heteroatoms. The Bertz CT molecular complexity index is 547. The van der Waals surface area contributed by atoms with Gasteiger partial charge in [0.05, 0.1) is 4.88 Å². The quantitative estimate of drug-likeness (QED) is 0.917. The highest BCUT2D eigenvalue weighted by atomic mass is 32.1. The van der Waals surface area contributed by atoms with Crippen molar-refractivity contribution in [3.63, 3.8) is 0 Å². The molecule has 2 aromatic rings. The van der Waals surface area contributed by atoms with Gasteiger partial charge in [0.1, 0.15) is 5.69 Å². The van der Waals surface area contributed by atoms with E-state index in [0.29, 0.717) is 6.04 Å². The third-order valence-corrected chi connectivity index (χ3v) is 4.98. The maximum atomic E-state index is 5.60. The van der Waals surface area contributed by atoms with Gasteiger partial charge in [-0.15, -0.1) is 11.3 Å². The largest absolute Gasteiger partial charge is 0.442 e. The molecule has 0 amide bonds. The first-order chi connectivity index (χ1) is 8.90. The molecule has 0 saturated heterocycles. The molecule has 2 heterocycles. The number of oxazole rings is 1. The summed E-state index contributed by atoms with van der Waals surface area (Å²) in [5, 5.41) is 3.50. The van der Waals surface area contributed by atoms with Crippen LogP contribution in [0.2, 0.25) is 0 Å². The van der Waals surface area contributed by atoms with Gasteiger partial charge in [-0.1, -0.05) is 0 Å². The molecule has 0 bridgehead atoms. The maximum absolute atomic E-state index is 5.60. The van der Waals surface area contributed by atoms with Crippen LogP contribution in [0.15, 0.2) is 16.9 Å². The fraction of sp³-hybridized carbons (Fsp3) is 0.500. The van der Waals surface area contributed by atoms with E-state index in [1.807, 2.05) is 11.3 Å². The van der Waals surface area contributed by atoms with Crippen LogP contribution >= 0.6 is 11.3 Å². The van der Waals surface area contributed by atoms with Gasteiger partial charge in [0.15, 0.2) is 12.2 Å². The Morgan fingerprint density at radius 3 is 3.17 bits per heavy atom. The summed E-state index contributed by atoms with van der Waals surface area (Å²) in [6.07, 6.45) is 7.97. The number of thiophene rings is 1. The van der Waals surface area contributed by atoms with E-state index in [2.05, 4.69) is 16.4 Å². The first-order valence-corrected chi connectivity index (χ1v) is 7.49. The van der Waals surface area contributed by atoms with Crippen molar-refractivity contribution in [2.45, 2.75) is 44.7 Å². The van der Waals surface area contributed by atoms with E-state index in [-0.39, 0.29) is 0 Å². The summed E-state index contributed by atoms with van der Waals surface area (Å²) in [6, 6.07) is 3.01. The van der Waals surface area contributed by atoms with Crippen LogP contribution in [0, 0.1) is 0 Å². The molecule has 3 nitrogen and oxygen atoms in total. The van der Waals surface area contributed by atoms with Crippen molar-refractivity contribution in [1.29, 1.82) is 0 Å². The second-order valence-corrected chi connectivity index (χ2v) is 6.33. The van der Waals surface area contributed by atoms with Crippen LogP contribution in [0.5, 0.6) is 0 Å². The van der Waals surface area contributed by atoms with Crippen molar-refractivity contribution >= 4 is 11.3 Å². The normalized spacial score (nSPS) is 18.2. The lowest BCUT2D eigenvalue weighted by atomic mass is 10.2. The monoisotopic (exact) mass is 260 g/mol. The van der Waals surface area contributed by atoms with Gasteiger partial charge in [0.2, 0.25) is 0 Å². The SMILES string of the molecule is c1nc(CNC2CC2)c(-c2cc3c(s2)CCC3)o1. The molecular weight excluding hydrogens is 244 g/mol. The summed E-state index contributed by atoms with van der Waals surface area (Å²) >= 11 is 1.88. The molecule has 2 aromatic heterocycles. The van der Waals surface area contributed by atoms with Crippen molar-refractivity contribution in [2.75, 3.05) is 0 Å². The van der Waals surface area contributed by atoms with Crippen LogP contribution in [0.1, 0.15) is 35.4 Å². The van der Waals surface area contributed by atoms with E-state index < -0.39 is 0 Å². The Kier molecular flexibility index (Phi) is 2.52. The molecule has 2 aliphatic carbocycles. The Morgan fingerprint density at radius 2 is 2.33 bits per heavy atom. The fourth-order valence-corrected chi connectivity index (χ4v) is 3.83. The third kappa shape index (κ3) is 1.89. The number of hydrogen-bond donors (Lipinski definition) is 1. The average molecular weight is 260 g/mol. The van der Waals surface area contributed by atoms with Crippen LogP contribution in [0.4, 0.5) is 0 Å². The summed E-state index contributed by atoms with van der Waals surface area (Å²) in [5.74, 6) is 0.975. The van der Waals surface area contributed by atoms with E-state index >= 15 is 0 Å². The van der Waals surface area contributed by atoms with Gasteiger partial charge in [0.25, 0.3) is 0 Å². The predicted molar refractivity (Wildman–Crippen MR) is 71.7 cm³/mol. The first-order valence-electron chi connectivity index (χ1n) is 6.68. The number of aryl methyl sites for hydroxylation is 2. The molecule has 94 valence electrons. The topological polar surface area (TPSA) is 38.1 Å². The zero-order valence-corrected chi connectivity index (χ0v) is 11.1. The van der Waals surface area contributed by atoms with Crippen molar-refractivity contribution in [1.82, 2.24) is 10.3 Å². The number of nitrogens with one attached hydrogen (secondary N) is 1. The summed E-state index contributed by atoms with van der Waals surface area (Å²) < 4.78 is 5.60. The zero-order valence-electron chi connectivity index (χ0n) is 10.2. The highest BCUT2D eigenvalue weighted by Crippen LogP contribution is 2.37. The molecule has 1 N–H and O–H groups in total. The van der Waals surface area contributed by atoms with Gasteiger partial charge in [-0.25, -0.2) is 4.98 Å². The maximum Gasteiger partial charge on any atom is 0.181 e. The summed E-state index contributed by atoms with van der Waals surface area (Å²) in [5.41, 5.74) is 2.58. The van der Waals surface area contributed by atoms with Crippen LogP contribution in [-0.4, -0.2) is 11.0 Å². The molecule has 4 rings (SSSR count). The van der Waals surface area contributed by atoms with E-state index in [4.69, 9.17) is 4.42 Å². The Morgan fingerprint density at radius 1 is 1.39 bits per heavy atom. The average Bonchev–Trinajstić information content (AvgIpc) is 2.78. The fourth-order valence-electron chi connectivity index (χ4n) is 2.56. The van der Waals surface area contributed by atoms with E-state index in [1.54, 1.807) is 11.3 Å². The number of rotatable bonds is 4. The van der Waals surface area contributed by atoms with E-state index in [1.165, 1.54) is 42.5 Å². The lowest BCUT2D eigenvalue weighted by molar-refractivity contribution is 0.570. The summed E-state index contributed by atoms with van der Waals surface area (Å²) in [6.45, 7) is 0.832. The van der Waals surface area contributed by atoms with Crippen LogP contribution in [-0.2, 0) is 19.4 Å². The van der Waals surface area contributed by atoms with Crippen molar-refractivity contribution in [3.05, 3.63) is 28.6 Å².